The van der Waals surface area contributed by atoms with Gasteiger partial charge in [-0.3, -0.25) is 9.69 Å². The molecule has 1 aliphatic rings. The highest BCUT2D eigenvalue weighted by Gasteiger charge is 2.21. The highest BCUT2D eigenvalue weighted by molar-refractivity contribution is 5.25. The molecule has 0 unspecified atom stereocenters. The number of aryl methyl sites for hydroxylation is 1. The van der Waals surface area contributed by atoms with Gasteiger partial charge in [-0.15, -0.1) is 0 Å². The molecule has 0 saturated carbocycles. The van der Waals surface area contributed by atoms with E-state index in [-0.39, 0.29) is 11.0 Å². The summed E-state index contributed by atoms with van der Waals surface area (Å²) in [5.41, 5.74) is 0.820. The summed E-state index contributed by atoms with van der Waals surface area (Å²) >= 11 is 0. The maximum atomic E-state index is 12.1. The van der Waals surface area contributed by atoms with E-state index in [0.717, 1.165) is 38.4 Å². The highest BCUT2D eigenvalue weighted by atomic mass is 16.5. The third kappa shape index (κ3) is 4.25. The fraction of sp³-hybridized carbons (Fsp3) is 0.647. The van der Waals surface area contributed by atoms with Gasteiger partial charge in [0.2, 0.25) is 0 Å². The van der Waals surface area contributed by atoms with Crippen molar-refractivity contribution >= 4 is 6.01 Å². The van der Waals surface area contributed by atoms with Gasteiger partial charge in [-0.2, -0.15) is 10.1 Å². The summed E-state index contributed by atoms with van der Waals surface area (Å²) < 4.78 is 6.80. The Bertz CT molecular complexity index is 768. The van der Waals surface area contributed by atoms with E-state index >= 15 is 0 Å². The SMILES string of the molecule is Cc1noc(N2CCN(CCn3nc(C(C)(C)C)ccc3=O)CC2)n1. The second kappa shape index (κ2) is 6.95. The fourth-order valence-electron chi connectivity index (χ4n) is 2.82. The molecule has 0 atom stereocenters. The van der Waals surface area contributed by atoms with Crippen LogP contribution in [-0.2, 0) is 12.0 Å². The maximum absolute atomic E-state index is 12.1. The van der Waals surface area contributed by atoms with Crippen LogP contribution in [0.1, 0.15) is 32.3 Å². The van der Waals surface area contributed by atoms with E-state index in [4.69, 9.17) is 4.52 Å². The van der Waals surface area contributed by atoms with Crippen LogP contribution in [0, 0.1) is 6.92 Å². The van der Waals surface area contributed by atoms with Gasteiger partial charge < -0.3 is 9.42 Å². The maximum Gasteiger partial charge on any atom is 0.324 e. The third-order valence-corrected chi connectivity index (χ3v) is 4.42. The van der Waals surface area contributed by atoms with Gasteiger partial charge >= 0.3 is 6.01 Å². The molecule has 0 aliphatic carbocycles. The lowest BCUT2D eigenvalue weighted by Crippen LogP contribution is -2.47. The lowest BCUT2D eigenvalue weighted by Gasteiger charge is -2.33. The number of rotatable bonds is 4. The van der Waals surface area contributed by atoms with Gasteiger partial charge in [0, 0.05) is 44.2 Å². The lowest BCUT2D eigenvalue weighted by atomic mass is 9.92. The summed E-state index contributed by atoms with van der Waals surface area (Å²) in [5, 5.41) is 8.36. The van der Waals surface area contributed by atoms with Gasteiger partial charge in [0.25, 0.3) is 5.56 Å². The smallest absolute Gasteiger partial charge is 0.322 e. The van der Waals surface area contributed by atoms with E-state index in [1.54, 1.807) is 10.7 Å². The molecule has 3 rings (SSSR count). The normalized spacial score (nSPS) is 16.4. The Morgan fingerprint density at radius 3 is 2.44 bits per heavy atom. The van der Waals surface area contributed by atoms with E-state index in [2.05, 4.69) is 45.8 Å². The van der Waals surface area contributed by atoms with Crippen LogP contribution in [0.2, 0.25) is 0 Å². The molecule has 1 saturated heterocycles. The molecule has 0 spiro atoms. The van der Waals surface area contributed by atoms with Gasteiger partial charge in [0.05, 0.1) is 12.2 Å². The van der Waals surface area contributed by atoms with Crippen molar-refractivity contribution in [2.75, 3.05) is 37.6 Å². The van der Waals surface area contributed by atoms with E-state index in [0.29, 0.717) is 18.4 Å². The Hall–Kier alpha value is -2.22. The molecule has 8 heteroatoms. The minimum Gasteiger partial charge on any atom is -0.322 e. The number of nitrogens with zero attached hydrogens (tertiary/aromatic N) is 6. The second-order valence-corrected chi connectivity index (χ2v) is 7.48. The molecule has 0 radical (unpaired) electrons. The molecule has 0 amide bonds. The van der Waals surface area contributed by atoms with Crippen LogP contribution in [0.4, 0.5) is 6.01 Å². The second-order valence-electron chi connectivity index (χ2n) is 7.48. The minimum atomic E-state index is -0.0662. The number of hydrogen-bond donors (Lipinski definition) is 0. The van der Waals surface area contributed by atoms with Crippen molar-refractivity contribution in [3.05, 3.63) is 34.0 Å². The van der Waals surface area contributed by atoms with Crippen molar-refractivity contribution in [1.29, 1.82) is 0 Å². The summed E-state index contributed by atoms with van der Waals surface area (Å²) in [7, 11) is 0. The van der Waals surface area contributed by atoms with E-state index < -0.39 is 0 Å². The summed E-state index contributed by atoms with van der Waals surface area (Å²) in [4.78, 5) is 20.8. The predicted molar refractivity (Wildman–Crippen MR) is 94.9 cm³/mol. The van der Waals surface area contributed by atoms with Crippen molar-refractivity contribution in [2.45, 2.75) is 39.7 Å². The Morgan fingerprint density at radius 2 is 1.84 bits per heavy atom. The summed E-state index contributed by atoms with van der Waals surface area (Å²) in [6.45, 7) is 13.0. The van der Waals surface area contributed by atoms with Crippen LogP contribution in [0.15, 0.2) is 21.5 Å². The molecule has 1 fully saturated rings. The Kier molecular flexibility index (Phi) is 4.89. The van der Waals surface area contributed by atoms with E-state index in [1.165, 1.54) is 0 Å². The standard InChI is InChI=1S/C17H26N6O2/c1-13-18-16(25-20-13)22-10-7-21(8-11-22)9-12-23-15(24)6-5-14(19-23)17(2,3)4/h5-6H,7-12H2,1-4H3. The van der Waals surface area contributed by atoms with Crippen molar-refractivity contribution in [3.8, 4) is 0 Å². The molecule has 2 aromatic heterocycles. The van der Waals surface area contributed by atoms with E-state index in [1.807, 2.05) is 13.0 Å². The van der Waals surface area contributed by atoms with Crippen LogP contribution >= 0.6 is 0 Å². The molecule has 3 heterocycles. The third-order valence-electron chi connectivity index (χ3n) is 4.42. The number of aromatic nitrogens is 4. The Balaban J connectivity index is 1.56. The van der Waals surface area contributed by atoms with Crippen LogP contribution in [0.3, 0.4) is 0 Å². The van der Waals surface area contributed by atoms with Crippen molar-refractivity contribution in [3.63, 3.8) is 0 Å². The molecule has 136 valence electrons. The van der Waals surface area contributed by atoms with Gasteiger partial charge in [-0.05, 0) is 13.0 Å². The molecular formula is C17H26N6O2. The topological polar surface area (TPSA) is 80.3 Å². The summed E-state index contributed by atoms with van der Waals surface area (Å²) in [6, 6.07) is 4.03. The summed E-state index contributed by atoms with van der Waals surface area (Å²) in [6.07, 6.45) is 0. The Morgan fingerprint density at radius 1 is 1.12 bits per heavy atom. The zero-order chi connectivity index (χ0) is 18.0. The van der Waals surface area contributed by atoms with Crippen molar-refractivity contribution < 1.29 is 4.52 Å². The van der Waals surface area contributed by atoms with Crippen LogP contribution in [0.25, 0.3) is 0 Å². The fourth-order valence-corrected chi connectivity index (χ4v) is 2.82. The average molecular weight is 346 g/mol. The summed E-state index contributed by atoms with van der Waals surface area (Å²) in [5.74, 6) is 0.654. The molecule has 25 heavy (non-hydrogen) atoms. The van der Waals surface area contributed by atoms with Crippen LogP contribution in [0.5, 0.6) is 0 Å². The van der Waals surface area contributed by atoms with Crippen molar-refractivity contribution in [2.24, 2.45) is 0 Å². The first-order valence-electron chi connectivity index (χ1n) is 8.69. The molecule has 0 bridgehead atoms. The molecular weight excluding hydrogens is 320 g/mol. The first-order valence-corrected chi connectivity index (χ1v) is 8.69. The highest BCUT2D eigenvalue weighted by Crippen LogP contribution is 2.18. The van der Waals surface area contributed by atoms with Gasteiger partial charge in [-0.25, -0.2) is 4.68 Å². The largest absolute Gasteiger partial charge is 0.324 e. The lowest BCUT2D eigenvalue weighted by molar-refractivity contribution is 0.235. The first-order chi connectivity index (χ1) is 11.8. The van der Waals surface area contributed by atoms with Gasteiger partial charge in [0.1, 0.15) is 0 Å². The molecule has 2 aromatic rings. The number of piperazine rings is 1. The van der Waals surface area contributed by atoms with Crippen LogP contribution < -0.4 is 10.5 Å². The minimum absolute atomic E-state index is 0.0482. The molecule has 1 aliphatic heterocycles. The first kappa shape index (κ1) is 17.6. The predicted octanol–water partition coefficient (Wildman–Crippen LogP) is 1.05. The molecule has 8 nitrogen and oxygen atoms in total. The average Bonchev–Trinajstić information content (AvgIpc) is 3.00. The molecule has 0 N–H and O–H groups in total. The Labute approximate surface area is 147 Å². The van der Waals surface area contributed by atoms with Gasteiger partial charge in [0.15, 0.2) is 5.82 Å². The molecule has 0 aromatic carbocycles. The number of hydrogen-bond acceptors (Lipinski definition) is 7. The van der Waals surface area contributed by atoms with Crippen molar-refractivity contribution in [1.82, 2.24) is 24.8 Å². The quantitative estimate of drug-likeness (QED) is 0.819. The zero-order valence-corrected chi connectivity index (χ0v) is 15.4. The van der Waals surface area contributed by atoms with Gasteiger partial charge in [-0.1, -0.05) is 25.9 Å². The van der Waals surface area contributed by atoms with E-state index in [9.17, 15) is 4.79 Å². The monoisotopic (exact) mass is 346 g/mol. The number of anilines is 1. The van der Waals surface area contributed by atoms with Crippen LogP contribution in [-0.4, -0.2) is 57.5 Å². The zero-order valence-electron chi connectivity index (χ0n) is 15.4.